The van der Waals surface area contributed by atoms with Crippen molar-refractivity contribution in [2.45, 2.75) is 183 Å². The average molecular weight is 1100 g/mol. The molecule has 0 amide bonds. The summed E-state index contributed by atoms with van der Waals surface area (Å²) in [6.07, 6.45) is 11.6. The third kappa shape index (κ3) is 12.4. The van der Waals surface area contributed by atoms with Gasteiger partial charge in [0, 0.05) is 47.7 Å². The number of para-hydroxylation sites is 2. The van der Waals surface area contributed by atoms with Crippen LogP contribution in [0.1, 0.15) is 192 Å². The van der Waals surface area contributed by atoms with E-state index >= 15 is 0 Å². The van der Waals surface area contributed by atoms with E-state index in [1.54, 1.807) is 0 Å². The largest absolute Gasteiger partial charge is 0.496 e. The molecule has 1 aliphatic heterocycles. The van der Waals surface area contributed by atoms with Crippen LogP contribution in [0, 0.1) is 0 Å². The molecule has 9 aromatic rings. The molecule has 0 spiro atoms. The smallest absolute Gasteiger partial charge is 0.457 e. The van der Waals surface area contributed by atoms with Crippen molar-refractivity contribution in [3.8, 4) is 39.6 Å². The second-order valence-electron chi connectivity index (χ2n) is 26.8. The Hall–Kier alpha value is -7.33. The lowest BCUT2D eigenvalue weighted by Gasteiger charge is -2.28. The van der Waals surface area contributed by atoms with Crippen LogP contribution in [0.25, 0.3) is 49.9 Å². The number of aromatic nitrogens is 2. The Kier molecular flexibility index (Phi) is 13.8. The summed E-state index contributed by atoms with van der Waals surface area (Å²) in [6, 6.07) is 38.1. The Labute approximate surface area is 502 Å². The zero-order valence-electron chi connectivity index (χ0n) is 59.4. The molecule has 1 aliphatic rings. The number of aryl methyl sites for hydroxylation is 2. The SMILES string of the molecule is [2H]c1c([2H])c([2H])c(-c2cc(C(C)(C)C)cc(-c3c([2H])c(C(C)(C)C)c([2H])c(C(C)(C)C)c3[2H])c2CCCC[N+]2=C=[N+](c3cccc(Oc4ccc5c6c(CCC)c(CCCCCC)ccc6n(-c6cc(C(C)(C)C)ccn6)c5c4)c3)c3ccccc32)c([2H])c1[2H]. The minimum Gasteiger partial charge on any atom is -0.457 e. The lowest BCUT2D eigenvalue weighted by molar-refractivity contribution is -0.431. The minimum atomic E-state index is -0.623. The van der Waals surface area contributed by atoms with Gasteiger partial charge in [0.25, 0.3) is 11.4 Å². The first-order valence-electron chi connectivity index (χ1n) is 34.1. The summed E-state index contributed by atoms with van der Waals surface area (Å²) in [5.41, 5.74) is 11.5. The fraction of sp³-hybridized carbons (Fsp3) is 0.377. The summed E-state index contributed by atoms with van der Waals surface area (Å²) in [5, 5.41) is 2.48. The van der Waals surface area contributed by atoms with Gasteiger partial charge in [-0.2, -0.15) is 0 Å². The Morgan fingerprint density at radius 2 is 1.21 bits per heavy atom. The van der Waals surface area contributed by atoms with Gasteiger partial charge in [0.1, 0.15) is 17.3 Å². The van der Waals surface area contributed by atoms with Crippen molar-refractivity contribution in [3.05, 3.63) is 197 Å². The van der Waals surface area contributed by atoms with Crippen LogP contribution in [0.15, 0.2) is 158 Å². The van der Waals surface area contributed by atoms with Gasteiger partial charge in [-0.1, -0.05) is 212 Å². The van der Waals surface area contributed by atoms with Gasteiger partial charge in [-0.05, 0) is 156 Å². The standard InChI is InChI=1S/C77H90N4O/c1-15-17-18-20-31-54-37-40-70-73(63(54)28-16-2)65-39-38-62(51-71(65)81(70)72-49-56(41-42-78-72)74(3,4)5)82-61-33-27-32-60(50-61)80-52-79(68-35-23-24-36-69(68)80)43-26-25-34-64-66(53-29-21-19-22-30-53)47-59(77(12,13)14)48-67(64)55-44-57(75(6,7)8)46-58(45-55)76(9,10)11/h19,21-24,27,29-30,32-33,35-42,44-51H,15-18,20,25-26,28,31,34,43H2,1-14H3/q+2/i19D,21D,22D,29D,30D,44D,45D,46D. The highest BCUT2D eigenvalue weighted by molar-refractivity contribution is 6.11. The molecule has 82 heavy (non-hydrogen) atoms. The molecule has 5 heteroatoms. The van der Waals surface area contributed by atoms with Gasteiger partial charge >= 0.3 is 6.01 Å². The number of ether oxygens (including phenoxy) is 1. The number of nitrogens with zero attached hydrogens (tertiary/aromatic N) is 4. The van der Waals surface area contributed by atoms with Crippen LogP contribution < -0.4 is 9.31 Å². The molecule has 0 saturated carbocycles. The predicted octanol–water partition coefficient (Wildman–Crippen LogP) is 21.3. The number of pyridine rings is 1. The van der Waals surface area contributed by atoms with Crippen molar-refractivity contribution in [1.29, 1.82) is 0 Å². The summed E-state index contributed by atoms with van der Waals surface area (Å²) < 4.78 is 87.8. The maximum Gasteiger partial charge on any atom is 0.496 e. The van der Waals surface area contributed by atoms with E-state index in [-0.39, 0.29) is 41.2 Å². The quantitative estimate of drug-likeness (QED) is 0.0634. The highest BCUT2D eigenvalue weighted by atomic mass is 16.5. The van der Waals surface area contributed by atoms with E-state index in [0.29, 0.717) is 70.7 Å². The van der Waals surface area contributed by atoms with Crippen LogP contribution >= 0.6 is 0 Å². The molecule has 0 bridgehead atoms. The molecule has 3 heterocycles. The van der Waals surface area contributed by atoms with E-state index in [4.69, 9.17) is 13.8 Å². The normalized spacial score (nSPS) is 14.4. The molecule has 2 aromatic heterocycles. The van der Waals surface area contributed by atoms with Crippen LogP contribution in [0.2, 0.25) is 0 Å². The van der Waals surface area contributed by atoms with Crippen LogP contribution in [0.4, 0.5) is 17.1 Å². The maximum absolute atomic E-state index is 9.98. The number of fused-ring (bicyclic) bond motifs is 4. The van der Waals surface area contributed by atoms with Crippen LogP contribution in [0.5, 0.6) is 11.5 Å². The first-order chi connectivity index (χ1) is 42.5. The van der Waals surface area contributed by atoms with Gasteiger partial charge in [0.05, 0.1) is 28.1 Å². The summed E-state index contributed by atoms with van der Waals surface area (Å²) in [6.45, 7) is 30.1. The Morgan fingerprint density at radius 1 is 0.537 bits per heavy atom. The minimum absolute atomic E-state index is 0.0675. The monoisotopic (exact) mass is 1090 g/mol. The number of benzene rings is 7. The van der Waals surface area contributed by atoms with Crippen LogP contribution in [-0.2, 0) is 40.9 Å². The van der Waals surface area contributed by atoms with E-state index in [2.05, 4.69) is 142 Å². The second kappa shape index (κ2) is 23.5. The van der Waals surface area contributed by atoms with E-state index in [0.717, 1.165) is 58.7 Å². The number of hydrogen-bond acceptors (Lipinski definition) is 2. The third-order valence-corrected chi connectivity index (χ3v) is 16.2. The van der Waals surface area contributed by atoms with E-state index in [1.807, 2.05) is 84.1 Å². The lowest BCUT2D eigenvalue weighted by Crippen LogP contribution is -2.17. The third-order valence-electron chi connectivity index (χ3n) is 16.2. The lowest BCUT2D eigenvalue weighted by atomic mass is 9.76. The topological polar surface area (TPSA) is 33.1 Å². The summed E-state index contributed by atoms with van der Waals surface area (Å²) in [5.74, 6) is 2.27. The summed E-state index contributed by atoms with van der Waals surface area (Å²) >= 11 is 0. The van der Waals surface area contributed by atoms with Gasteiger partial charge in [-0.15, -0.1) is 0 Å². The Bertz CT molecular complexity index is 4280. The van der Waals surface area contributed by atoms with Gasteiger partial charge < -0.3 is 4.74 Å². The molecule has 10 rings (SSSR count). The van der Waals surface area contributed by atoms with Crippen LogP contribution in [-0.4, -0.2) is 26.7 Å². The predicted molar refractivity (Wildman–Crippen MR) is 350 cm³/mol. The molecule has 0 atom stereocenters. The first-order valence-corrected chi connectivity index (χ1v) is 30.1. The van der Waals surface area contributed by atoms with Gasteiger partial charge in [-0.25, -0.2) is 4.98 Å². The fourth-order valence-electron chi connectivity index (χ4n) is 11.5. The van der Waals surface area contributed by atoms with E-state index in [9.17, 15) is 6.85 Å². The van der Waals surface area contributed by atoms with Gasteiger partial charge in [0.2, 0.25) is 5.69 Å². The second-order valence-corrected chi connectivity index (χ2v) is 26.8. The molecule has 0 saturated heterocycles. The molecule has 0 radical (unpaired) electrons. The zero-order chi connectivity index (χ0) is 65.1. The molecular formula is C77H90N4O+2. The summed E-state index contributed by atoms with van der Waals surface area (Å²) in [4.78, 5) is 5.03. The highest BCUT2D eigenvalue weighted by Crippen LogP contribution is 2.44. The van der Waals surface area contributed by atoms with Crippen molar-refractivity contribution >= 4 is 44.9 Å². The number of hydrogen-bond donors (Lipinski definition) is 0. The molecule has 0 fully saturated rings. The Balaban J connectivity index is 1.03. The zero-order valence-corrected chi connectivity index (χ0v) is 51.4. The molecule has 422 valence electrons. The van der Waals surface area contributed by atoms with E-state index < -0.39 is 34.4 Å². The molecule has 0 aliphatic carbocycles. The molecule has 7 aromatic carbocycles. The van der Waals surface area contributed by atoms with Gasteiger partial charge in [-0.3, -0.25) is 4.57 Å². The number of unbranched alkanes of at least 4 members (excludes halogenated alkanes) is 4. The molecule has 0 unspecified atom stereocenters. The first kappa shape index (κ1) is 48.2. The van der Waals surface area contributed by atoms with Crippen molar-refractivity contribution in [2.75, 3.05) is 6.54 Å². The molecule has 5 nitrogen and oxygen atoms in total. The number of rotatable bonds is 18. The van der Waals surface area contributed by atoms with Crippen molar-refractivity contribution in [3.63, 3.8) is 0 Å². The fourth-order valence-corrected chi connectivity index (χ4v) is 11.5. The van der Waals surface area contributed by atoms with Crippen LogP contribution in [0.3, 0.4) is 0 Å². The maximum atomic E-state index is 9.98. The van der Waals surface area contributed by atoms with Crippen molar-refractivity contribution in [2.24, 2.45) is 0 Å². The van der Waals surface area contributed by atoms with Crippen molar-refractivity contribution < 1.29 is 20.3 Å². The van der Waals surface area contributed by atoms with E-state index in [1.165, 1.54) is 53.1 Å². The summed E-state index contributed by atoms with van der Waals surface area (Å²) in [7, 11) is 0. The molecular weight excluding hydrogens is 997 g/mol. The molecule has 0 N–H and O–H groups in total. The highest BCUT2D eigenvalue weighted by Gasteiger charge is 2.35. The van der Waals surface area contributed by atoms with Gasteiger partial charge in [0.15, 0.2) is 6.54 Å². The van der Waals surface area contributed by atoms with Crippen molar-refractivity contribution in [1.82, 2.24) is 14.1 Å². The average Bonchev–Trinajstić information content (AvgIpc) is 1.15. The Morgan fingerprint density at radius 3 is 1.89 bits per heavy atom.